The Bertz CT molecular complexity index is 1250. The third-order valence-corrected chi connectivity index (χ3v) is 7.55. The Hall–Kier alpha value is -3.32. The van der Waals surface area contributed by atoms with Gasteiger partial charge in [0, 0.05) is 23.5 Å². The molecule has 0 saturated carbocycles. The van der Waals surface area contributed by atoms with Crippen LogP contribution < -0.4 is 10.2 Å². The second kappa shape index (κ2) is 8.23. The molecule has 33 heavy (non-hydrogen) atoms. The largest absolute Gasteiger partial charge is 0.323 e. The molecule has 3 aromatic carbocycles. The van der Waals surface area contributed by atoms with Gasteiger partial charge in [-0.25, -0.2) is 9.18 Å². The maximum atomic E-state index is 14.0. The molecule has 0 aromatic heterocycles. The molecule has 5 rings (SSSR count). The molecule has 0 aliphatic carbocycles. The fourth-order valence-electron chi connectivity index (χ4n) is 4.52. The number of nitrogens with zero attached hydrogens (tertiary/aromatic N) is 2. The Balaban J connectivity index is 1.53. The van der Waals surface area contributed by atoms with Gasteiger partial charge in [0.25, 0.3) is 5.91 Å². The molecular weight excluding hydrogens is 437 g/mol. The number of hydrogen-bond donors (Lipinski definition) is 1. The average Bonchev–Trinajstić information content (AvgIpc) is 3.32. The number of aryl methyl sites for hydroxylation is 2. The summed E-state index contributed by atoms with van der Waals surface area (Å²) >= 11 is 1.48. The second-order valence-electron chi connectivity index (χ2n) is 8.48. The average molecular weight is 462 g/mol. The van der Waals surface area contributed by atoms with Gasteiger partial charge in [-0.1, -0.05) is 53.6 Å². The number of benzene rings is 3. The maximum Gasteiger partial charge on any atom is 0.323 e. The molecule has 2 aliphatic heterocycles. The van der Waals surface area contributed by atoms with Crippen LogP contribution in [0.5, 0.6) is 0 Å². The van der Waals surface area contributed by atoms with Crippen LogP contribution in [-0.4, -0.2) is 29.1 Å². The summed E-state index contributed by atoms with van der Waals surface area (Å²) in [7, 11) is 0. The van der Waals surface area contributed by atoms with E-state index in [1.807, 2.05) is 56.3 Å². The number of anilines is 2. The van der Waals surface area contributed by atoms with Gasteiger partial charge in [0.2, 0.25) is 0 Å². The van der Waals surface area contributed by atoms with Crippen LogP contribution in [0.3, 0.4) is 0 Å². The summed E-state index contributed by atoms with van der Waals surface area (Å²) < 4.78 is 13.6. The van der Waals surface area contributed by atoms with E-state index >= 15 is 0 Å². The predicted octanol–water partition coefficient (Wildman–Crippen LogP) is 5.42. The number of amides is 3. The van der Waals surface area contributed by atoms with Gasteiger partial charge in [-0.3, -0.25) is 9.69 Å². The lowest BCUT2D eigenvalue weighted by Gasteiger charge is -2.33. The molecule has 1 N–H and O–H groups in total. The first-order valence-electron chi connectivity index (χ1n) is 10.9. The van der Waals surface area contributed by atoms with Gasteiger partial charge < -0.3 is 10.2 Å². The molecule has 2 aliphatic rings. The first-order valence-corrected chi connectivity index (χ1v) is 11.8. The zero-order valence-electron chi connectivity index (χ0n) is 18.5. The van der Waals surface area contributed by atoms with E-state index in [4.69, 9.17) is 0 Å². The fourth-order valence-corrected chi connectivity index (χ4v) is 5.97. The van der Waals surface area contributed by atoms with E-state index in [9.17, 15) is 14.0 Å². The molecule has 1 atom stereocenters. The van der Waals surface area contributed by atoms with Gasteiger partial charge >= 0.3 is 6.03 Å². The molecule has 3 aromatic rings. The van der Waals surface area contributed by atoms with Crippen molar-refractivity contribution in [3.63, 3.8) is 0 Å². The van der Waals surface area contributed by atoms with Crippen molar-refractivity contribution in [1.29, 1.82) is 0 Å². The van der Waals surface area contributed by atoms with Crippen LogP contribution in [0.15, 0.2) is 66.7 Å². The van der Waals surface area contributed by atoms with E-state index in [1.54, 1.807) is 21.9 Å². The number of hydrogen-bond acceptors (Lipinski definition) is 3. The van der Waals surface area contributed by atoms with E-state index in [2.05, 4.69) is 5.32 Å². The molecule has 1 spiro atoms. The molecule has 7 heteroatoms. The van der Waals surface area contributed by atoms with Crippen LogP contribution in [0.1, 0.15) is 22.3 Å². The lowest BCUT2D eigenvalue weighted by Crippen LogP contribution is -2.51. The highest BCUT2D eigenvalue weighted by molar-refractivity contribution is 8.01. The van der Waals surface area contributed by atoms with Crippen molar-refractivity contribution in [2.75, 3.05) is 22.5 Å². The van der Waals surface area contributed by atoms with Crippen LogP contribution in [-0.2, 0) is 16.2 Å². The Morgan fingerprint density at radius 1 is 1.06 bits per heavy atom. The molecule has 0 bridgehead atoms. The number of urea groups is 1. The summed E-state index contributed by atoms with van der Waals surface area (Å²) in [5.41, 5.74) is 5.22. The number of fused-ring (bicyclic) bond motifs is 2. The zero-order chi connectivity index (χ0) is 23.2. The van der Waals surface area contributed by atoms with Crippen LogP contribution in [0, 0.1) is 19.7 Å². The lowest BCUT2D eigenvalue weighted by atomic mass is 10.0. The van der Waals surface area contributed by atoms with Gasteiger partial charge in [-0.15, -0.1) is 11.8 Å². The minimum absolute atomic E-state index is 0.124. The molecular formula is C26H24FN3O2S. The predicted molar refractivity (Wildman–Crippen MR) is 130 cm³/mol. The lowest BCUT2D eigenvalue weighted by molar-refractivity contribution is -0.123. The van der Waals surface area contributed by atoms with Crippen LogP contribution in [0.25, 0.3) is 0 Å². The Labute approximate surface area is 196 Å². The Kier molecular flexibility index (Phi) is 5.37. The Morgan fingerprint density at radius 3 is 2.58 bits per heavy atom. The molecule has 1 fully saturated rings. The highest BCUT2D eigenvalue weighted by Gasteiger charge is 2.59. The first-order chi connectivity index (χ1) is 15.9. The molecule has 1 unspecified atom stereocenters. The topological polar surface area (TPSA) is 52.7 Å². The minimum atomic E-state index is -1.14. The summed E-state index contributed by atoms with van der Waals surface area (Å²) in [6.45, 7) is 4.86. The number of halogens is 1. The number of nitrogens with one attached hydrogen (secondary N) is 1. The number of thioether (sulfide) groups is 1. The summed E-state index contributed by atoms with van der Waals surface area (Å²) in [5.74, 6) is 0.0784. The molecule has 5 nitrogen and oxygen atoms in total. The van der Waals surface area contributed by atoms with Gasteiger partial charge in [-0.05, 0) is 43.7 Å². The third kappa shape index (κ3) is 3.66. The smallest absolute Gasteiger partial charge is 0.308 e. The number of carbonyl (C=O) groups excluding carboxylic acids is 2. The minimum Gasteiger partial charge on any atom is -0.308 e. The summed E-state index contributed by atoms with van der Waals surface area (Å²) in [5, 5.41) is 2.78. The second-order valence-corrected chi connectivity index (χ2v) is 9.77. The van der Waals surface area contributed by atoms with Crippen LogP contribution in [0.4, 0.5) is 20.6 Å². The van der Waals surface area contributed by atoms with Crippen molar-refractivity contribution in [1.82, 2.24) is 4.90 Å². The van der Waals surface area contributed by atoms with E-state index in [1.165, 1.54) is 23.9 Å². The van der Waals surface area contributed by atoms with E-state index in [-0.39, 0.29) is 5.91 Å². The van der Waals surface area contributed by atoms with Gasteiger partial charge in [0.1, 0.15) is 5.82 Å². The van der Waals surface area contributed by atoms with Crippen molar-refractivity contribution in [3.8, 4) is 0 Å². The molecule has 0 radical (unpaired) electrons. The normalized spacial score (nSPS) is 19.3. The van der Waals surface area contributed by atoms with Gasteiger partial charge in [0.15, 0.2) is 4.87 Å². The molecule has 2 heterocycles. The van der Waals surface area contributed by atoms with E-state index < -0.39 is 16.7 Å². The SMILES string of the molecule is Cc1ccc(CN2C(=O)C3(SCCN3C(=O)Nc3cccc(F)c3)c3cc(C)ccc32)cc1. The summed E-state index contributed by atoms with van der Waals surface area (Å²) in [6.07, 6.45) is 0. The van der Waals surface area contributed by atoms with E-state index in [0.717, 1.165) is 27.9 Å². The standard InChI is InChI=1S/C26H24FN3O2S/c1-17-6-9-19(10-7-17)16-29-23-11-8-18(2)14-22(23)26(24(29)31)30(12-13-33-26)25(32)28-21-5-3-4-20(27)15-21/h3-11,14-15H,12-13,16H2,1-2H3,(H,28,32). The third-order valence-electron chi connectivity index (χ3n) is 6.13. The number of carbonyl (C=O) groups is 2. The van der Waals surface area contributed by atoms with Crippen LogP contribution >= 0.6 is 11.8 Å². The van der Waals surface area contributed by atoms with Gasteiger partial charge in [-0.2, -0.15) is 0 Å². The number of rotatable bonds is 3. The quantitative estimate of drug-likeness (QED) is 0.566. The highest BCUT2D eigenvalue weighted by Crippen LogP contribution is 2.54. The Morgan fingerprint density at radius 2 is 1.82 bits per heavy atom. The summed E-state index contributed by atoms with van der Waals surface area (Å²) in [6, 6.07) is 19.4. The van der Waals surface area contributed by atoms with Gasteiger partial charge in [0.05, 0.1) is 12.2 Å². The fraction of sp³-hybridized carbons (Fsp3) is 0.231. The zero-order valence-corrected chi connectivity index (χ0v) is 19.3. The molecule has 3 amide bonds. The van der Waals surface area contributed by atoms with Crippen LogP contribution in [0.2, 0.25) is 0 Å². The van der Waals surface area contributed by atoms with Crippen molar-refractivity contribution < 1.29 is 14.0 Å². The summed E-state index contributed by atoms with van der Waals surface area (Å²) in [4.78, 5) is 29.6. The van der Waals surface area contributed by atoms with Crippen molar-refractivity contribution in [3.05, 3.63) is 94.8 Å². The van der Waals surface area contributed by atoms with Crippen molar-refractivity contribution in [2.45, 2.75) is 25.3 Å². The van der Waals surface area contributed by atoms with Crippen molar-refractivity contribution >= 4 is 35.1 Å². The molecule has 168 valence electrons. The van der Waals surface area contributed by atoms with E-state index in [0.29, 0.717) is 24.5 Å². The van der Waals surface area contributed by atoms with Crippen molar-refractivity contribution in [2.24, 2.45) is 0 Å². The monoisotopic (exact) mass is 461 g/mol. The molecule has 1 saturated heterocycles. The first kappa shape index (κ1) is 21.5. The maximum absolute atomic E-state index is 14.0. The highest BCUT2D eigenvalue weighted by atomic mass is 32.2.